The first-order valence-electron chi connectivity index (χ1n) is 4.74. The lowest BCUT2D eigenvalue weighted by atomic mass is 10.1. The zero-order valence-corrected chi connectivity index (χ0v) is 8.74. The number of hydrogen-bond donors (Lipinski definition) is 1. The molecule has 1 aromatic rings. The standard InChI is InChI=1S/C10H12F2N2O2/c1-2-16-10(15)8-3-7(9(11)12)6(4-13)5-14-8/h3,5,9H,2,4,13H2,1H3. The number of halogens is 2. The highest BCUT2D eigenvalue weighted by molar-refractivity contribution is 5.87. The molecule has 0 unspecified atom stereocenters. The van der Waals surface area contributed by atoms with Gasteiger partial charge in [-0.05, 0) is 18.6 Å². The Morgan fingerprint density at radius 2 is 2.31 bits per heavy atom. The van der Waals surface area contributed by atoms with E-state index >= 15 is 0 Å². The van der Waals surface area contributed by atoms with Crippen LogP contribution in [0.15, 0.2) is 12.3 Å². The van der Waals surface area contributed by atoms with Crippen molar-refractivity contribution < 1.29 is 18.3 Å². The van der Waals surface area contributed by atoms with Crippen molar-refractivity contribution in [1.29, 1.82) is 0 Å². The Kier molecular flexibility index (Phi) is 4.30. The SMILES string of the molecule is CCOC(=O)c1cc(C(F)F)c(CN)cn1. The van der Waals surface area contributed by atoms with Crippen molar-refractivity contribution in [3.63, 3.8) is 0 Å². The molecule has 0 atom stereocenters. The summed E-state index contributed by atoms with van der Waals surface area (Å²) in [6, 6.07) is 1.02. The van der Waals surface area contributed by atoms with Gasteiger partial charge in [0.25, 0.3) is 6.43 Å². The van der Waals surface area contributed by atoms with E-state index in [9.17, 15) is 13.6 Å². The number of carbonyl (C=O) groups excluding carboxylic acids is 1. The normalized spacial score (nSPS) is 10.6. The summed E-state index contributed by atoms with van der Waals surface area (Å²) in [7, 11) is 0. The van der Waals surface area contributed by atoms with E-state index in [1.54, 1.807) is 6.92 Å². The molecule has 0 aliphatic heterocycles. The summed E-state index contributed by atoms with van der Waals surface area (Å²) >= 11 is 0. The molecule has 0 saturated carbocycles. The number of rotatable bonds is 4. The molecule has 0 aliphatic rings. The van der Waals surface area contributed by atoms with Gasteiger partial charge < -0.3 is 10.5 Å². The highest BCUT2D eigenvalue weighted by Crippen LogP contribution is 2.23. The zero-order valence-electron chi connectivity index (χ0n) is 8.74. The molecule has 16 heavy (non-hydrogen) atoms. The number of pyridine rings is 1. The molecule has 0 bridgehead atoms. The van der Waals surface area contributed by atoms with E-state index in [1.807, 2.05) is 0 Å². The van der Waals surface area contributed by atoms with Crippen LogP contribution in [0, 0.1) is 0 Å². The van der Waals surface area contributed by atoms with E-state index in [0.717, 1.165) is 6.07 Å². The molecule has 0 spiro atoms. The lowest BCUT2D eigenvalue weighted by Gasteiger charge is -2.08. The predicted molar refractivity (Wildman–Crippen MR) is 53.0 cm³/mol. The number of carbonyl (C=O) groups is 1. The molecule has 1 heterocycles. The number of nitrogens with two attached hydrogens (primary N) is 1. The van der Waals surface area contributed by atoms with Crippen molar-refractivity contribution >= 4 is 5.97 Å². The maximum absolute atomic E-state index is 12.6. The van der Waals surface area contributed by atoms with Crippen molar-refractivity contribution in [2.75, 3.05) is 6.61 Å². The fourth-order valence-corrected chi connectivity index (χ4v) is 1.19. The fourth-order valence-electron chi connectivity index (χ4n) is 1.19. The molecule has 0 saturated heterocycles. The van der Waals surface area contributed by atoms with Gasteiger partial charge >= 0.3 is 5.97 Å². The Morgan fingerprint density at radius 3 is 2.81 bits per heavy atom. The molecule has 0 fully saturated rings. The predicted octanol–water partition coefficient (Wildman–Crippen LogP) is 1.65. The third-order valence-electron chi connectivity index (χ3n) is 1.96. The Labute approximate surface area is 91.4 Å². The molecular formula is C10H12F2N2O2. The molecule has 0 amide bonds. The Balaban J connectivity index is 3.06. The van der Waals surface area contributed by atoms with Crippen LogP contribution in [0.2, 0.25) is 0 Å². The van der Waals surface area contributed by atoms with E-state index in [2.05, 4.69) is 9.72 Å². The second-order valence-electron chi connectivity index (χ2n) is 2.99. The van der Waals surface area contributed by atoms with Crippen LogP contribution >= 0.6 is 0 Å². The van der Waals surface area contributed by atoms with Gasteiger partial charge in [0.2, 0.25) is 0 Å². The van der Waals surface area contributed by atoms with E-state index in [0.29, 0.717) is 0 Å². The average Bonchev–Trinajstić information content (AvgIpc) is 2.28. The van der Waals surface area contributed by atoms with Crippen LogP contribution in [0.1, 0.15) is 35.0 Å². The largest absolute Gasteiger partial charge is 0.461 e. The second kappa shape index (κ2) is 5.50. The average molecular weight is 230 g/mol. The minimum absolute atomic E-state index is 0.0459. The maximum atomic E-state index is 12.6. The Hall–Kier alpha value is -1.56. The molecular weight excluding hydrogens is 218 g/mol. The van der Waals surface area contributed by atoms with E-state index < -0.39 is 12.4 Å². The number of alkyl halides is 2. The molecule has 2 N–H and O–H groups in total. The number of esters is 1. The summed E-state index contributed by atoms with van der Waals surface area (Å²) in [6.07, 6.45) is -1.51. The highest BCUT2D eigenvalue weighted by Gasteiger charge is 2.17. The van der Waals surface area contributed by atoms with Gasteiger partial charge in [0, 0.05) is 18.3 Å². The lowest BCUT2D eigenvalue weighted by molar-refractivity contribution is 0.0519. The number of nitrogens with zero attached hydrogens (tertiary/aromatic N) is 1. The highest BCUT2D eigenvalue weighted by atomic mass is 19.3. The van der Waals surface area contributed by atoms with Crippen LogP contribution in [0.5, 0.6) is 0 Å². The molecule has 0 aliphatic carbocycles. The van der Waals surface area contributed by atoms with Crippen LogP contribution < -0.4 is 5.73 Å². The monoisotopic (exact) mass is 230 g/mol. The Bertz CT molecular complexity index is 383. The van der Waals surface area contributed by atoms with Crippen molar-refractivity contribution in [3.05, 3.63) is 29.1 Å². The summed E-state index contributed by atoms with van der Waals surface area (Å²) in [5.74, 6) is -0.715. The van der Waals surface area contributed by atoms with Crippen molar-refractivity contribution in [2.24, 2.45) is 5.73 Å². The van der Waals surface area contributed by atoms with Crippen LogP contribution in [0.4, 0.5) is 8.78 Å². The summed E-state index contributed by atoms with van der Waals surface area (Å²) < 4.78 is 29.9. The van der Waals surface area contributed by atoms with Crippen LogP contribution in [-0.2, 0) is 11.3 Å². The van der Waals surface area contributed by atoms with Gasteiger partial charge in [-0.1, -0.05) is 0 Å². The van der Waals surface area contributed by atoms with Crippen molar-refractivity contribution in [3.8, 4) is 0 Å². The smallest absolute Gasteiger partial charge is 0.356 e. The van der Waals surface area contributed by atoms with Gasteiger partial charge in [0.1, 0.15) is 5.69 Å². The molecule has 4 nitrogen and oxygen atoms in total. The minimum Gasteiger partial charge on any atom is -0.461 e. The van der Waals surface area contributed by atoms with Crippen LogP contribution in [-0.4, -0.2) is 17.6 Å². The van der Waals surface area contributed by atoms with Crippen LogP contribution in [0.25, 0.3) is 0 Å². The topological polar surface area (TPSA) is 65.2 Å². The minimum atomic E-state index is -2.69. The van der Waals surface area contributed by atoms with Crippen LogP contribution in [0.3, 0.4) is 0 Å². The molecule has 6 heteroatoms. The number of aromatic nitrogens is 1. The first kappa shape index (κ1) is 12.5. The molecule has 1 rings (SSSR count). The molecule has 1 aromatic heterocycles. The molecule has 88 valence electrons. The summed E-state index contributed by atoms with van der Waals surface area (Å²) in [5, 5.41) is 0. The molecule has 0 radical (unpaired) electrons. The van der Waals surface area contributed by atoms with Gasteiger partial charge in [-0.2, -0.15) is 0 Å². The first-order valence-corrected chi connectivity index (χ1v) is 4.74. The van der Waals surface area contributed by atoms with Gasteiger partial charge in [-0.15, -0.1) is 0 Å². The number of ether oxygens (including phenoxy) is 1. The summed E-state index contributed by atoms with van der Waals surface area (Å²) in [4.78, 5) is 15.0. The van der Waals surface area contributed by atoms with E-state index in [-0.39, 0.29) is 30.0 Å². The quantitative estimate of drug-likeness (QED) is 0.799. The van der Waals surface area contributed by atoms with Gasteiger partial charge in [0.15, 0.2) is 0 Å². The van der Waals surface area contributed by atoms with Crippen molar-refractivity contribution in [2.45, 2.75) is 19.9 Å². The Morgan fingerprint density at radius 1 is 1.62 bits per heavy atom. The number of hydrogen-bond acceptors (Lipinski definition) is 4. The third-order valence-corrected chi connectivity index (χ3v) is 1.96. The van der Waals surface area contributed by atoms with Gasteiger partial charge in [-0.25, -0.2) is 18.6 Å². The van der Waals surface area contributed by atoms with E-state index in [4.69, 9.17) is 5.73 Å². The maximum Gasteiger partial charge on any atom is 0.356 e. The fraction of sp³-hybridized carbons (Fsp3) is 0.400. The lowest BCUT2D eigenvalue weighted by Crippen LogP contribution is -2.10. The second-order valence-corrected chi connectivity index (χ2v) is 2.99. The summed E-state index contributed by atoms with van der Waals surface area (Å²) in [5.41, 5.74) is 5.10. The van der Waals surface area contributed by atoms with Crippen molar-refractivity contribution in [1.82, 2.24) is 4.98 Å². The van der Waals surface area contributed by atoms with E-state index in [1.165, 1.54) is 6.20 Å². The molecule has 0 aromatic carbocycles. The first-order chi connectivity index (χ1) is 7.60. The van der Waals surface area contributed by atoms with Gasteiger partial charge in [-0.3, -0.25) is 0 Å². The zero-order chi connectivity index (χ0) is 12.1. The summed E-state index contributed by atoms with van der Waals surface area (Å²) in [6.45, 7) is 1.75. The third kappa shape index (κ3) is 2.73. The van der Waals surface area contributed by atoms with Gasteiger partial charge in [0.05, 0.1) is 6.61 Å².